The Balaban J connectivity index is 1.15. The van der Waals surface area contributed by atoms with Gasteiger partial charge in [-0.15, -0.1) is 0 Å². The first-order valence-electron chi connectivity index (χ1n) is 16.2. The predicted octanol–water partition coefficient (Wildman–Crippen LogP) is 13.1. The van der Waals surface area contributed by atoms with E-state index in [2.05, 4.69) is 193 Å². The van der Waals surface area contributed by atoms with E-state index >= 15 is 0 Å². The van der Waals surface area contributed by atoms with Gasteiger partial charge in [0.2, 0.25) is 0 Å². The van der Waals surface area contributed by atoms with Crippen molar-refractivity contribution in [3.8, 4) is 22.3 Å². The molecule has 0 bridgehead atoms. The Kier molecular flexibility index (Phi) is 6.54. The van der Waals surface area contributed by atoms with Crippen LogP contribution >= 0.6 is 0 Å². The third kappa shape index (κ3) is 4.90. The van der Waals surface area contributed by atoms with E-state index in [9.17, 15) is 0 Å². The summed E-state index contributed by atoms with van der Waals surface area (Å²) in [5.74, 6) is 0. The van der Waals surface area contributed by atoms with Gasteiger partial charge < -0.3 is 4.90 Å². The van der Waals surface area contributed by atoms with Gasteiger partial charge in [0.05, 0.1) is 0 Å². The van der Waals surface area contributed by atoms with Crippen molar-refractivity contribution in [2.24, 2.45) is 0 Å². The quantitative estimate of drug-likeness (QED) is 0.178. The minimum Gasteiger partial charge on any atom is -0.310 e. The van der Waals surface area contributed by atoms with Crippen molar-refractivity contribution in [1.29, 1.82) is 0 Å². The minimum absolute atomic E-state index is 1.12. The van der Waals surface area contributed by atoms with E-state index in [1.807, 2.05) is 0 Å². The molecule has 1 heteroatoms. The van der Waals surface area contributed by atoms with Gasteiger partial charge in [0.1, 0.15) is 0 Å². The Morgan fingerprint density at radius 2 is 0.702 bits per heavy atom. The van der Waals surface area contributed by atoms with Gasteiger partial charge in [0.15, 0.2) is 0 Å². The fourth-order valence-electron chi connectivity index (χ4n) is 7.01. The Morgan fingerprint density at radius 3 is 1.43 bits per heavy atom. The van der Waals surface area contributed by atoms with Crippen molar-refractivity contribution >= 4 is 60.2 Å². The van der Waals surface area contributed by atoms with Gasteiger partial charge in [-0.1, -0.05) is 146 Å². The monoisotopic (exact) mass is 597 g/mol. The molecule has 0 aliphatic heterocycles. The number of anilines is 3. The van der Waals surface area contributed by atoms with Crippen molar-refractivity contribution in [3.05, 3.63) is 188 Å². The molecule has 9 aromatic carbocycles. The van der Waals surface area contributed by atoms with Crippen LogP contribution in [0.15, 0.2) is 188 Å². The van der Waals surface area contributed by atoms with Crippen LogP contribution in [0.3, 0.4) is 0 Å². The van der Waals surface area contributed by atoms with Crippen molar-refractivity contribution in [2.75, 3.05) is 4.90 Å². The largest absolute Gasteiger partial charge is 0.310 e. The topological polar surface area (TPSA) is 3.24 Å². The molecule has 0 saturated heterocycles. The Labute approximate surface area is 274 Å². The summed E-state index contributed by atoms with van der Waals surface area (Å²) in [4.78, 5) is 2.36. The number of hydrogen-bond donors (Lipinski definition) is 0. The first kappa shape index (κ1) is 27.2. The van der Waals surface area contributed by atoms with Crippen LogP contribution in [-0.2, 0) is 0 Å². The van der Waals surface area contributed by atoms with Crippen molar-refractivity contribution in [3.63, 3.8) is 0 Å². The normalized spacial score (nSPS) is 11.4. The molecule has 0 aliphatic carbocycles. The standard InChI is InChI=1S/C46H31N/c1-2-8-32(9-3-1)34-16-22-40(23-17-34)47(41-24-18-35(19-25-41)38-15-14-33-10-4-5-12-37(33)30-38)42-26-29-44-39(31-42)21-28-45-43-13-7-6-11-36(43)20-27-46(44)45/h1-31H. The highest BCUT2D eigenvalue weighted by Gasteiger charge is 2.15. The summed E-state index contributed by atoms with van der Waals surface area (Å²) in [5, 5.41) is 10.1. The molecule has 0 heterocycles. The Bertz CT molecular complexity index is 2550. The predicted molar refractivity (Wildman–Crippen MR) is 202 cm³/mol. The molecule has 0 unspecified atom stereocenters. The first-order chi connectivity index (χ1) is 23.3. The van der Waals surface area contributed by atoms with E-state index in [4.69, 9.17) is 0 Å². The molecule has 0 saturated carbocycles. The zero-order valence-corrected chi connectivity index (χ0v) is 25.8. The molecule has 9 rings (SSSR count). The van der Waals surface area contributed by atoms with Crippen molar-refractivity contribution in [1.82, 2.24) is 0 Å². The maximum Gasteiger partial charge on any atom is 0.0468 e. The number of benzene rings is 9. The zero-order valence-electron chi connectivity index (χ0n) is 25.8. The smallest absolute Gasteiger partial charge is 0.0468 e. The fraction of sp³-hybridized carbons (Fsp3) is 0. The molecule has 0 fully saturated rings. The van der Waals surface area contributed by atoms with Crippen molar-refractivity contribution in [2.45, 2.75) is 0 Å². The molecule has 1 nitrogen and oxygen atoms in total. The zero-order chi connectivity index (χ0) is 31.2. The molecule has 0 radical (unpaired) electrons. The van der Waals surface area contributed by atoms with Gasteiger partial charge in [-0.3, -0.25) is 0 Å². The SMILES string of the molecule is c1ccc(-c2ccc(N(c3ccc(-c4ccc5ccccc5c4)cc3)c3ccc4c(ccc5c6ccccc6ccc45)c3)cc2)cc1. The van der Waals surface area contributed by atoms with Gasteiger partial charge >= 0.3 is 0 Å². The molecule has 0 amide bonds. The number of hydrogen-bond acceptors (Lipinski definition) is 1. The number of fused-ring (bicyclic) bond motifs is 6. The fourth-order valence-corrected chi connectivity index (χ4v) is 7.01. The third-order valence-corrected chi connectivity index (χ3v) is 9.42. The average Bonchev–Trinajstić information content (AvgIpc) is 3.15. The summed E-state index contributed by atoms with van der Waals surface area (Å²) in [6.45, 7) is 0. The molecule has 0 aliphatic rings. The second kappa shape index (κ2) is 11.3. The Morgan fingerprint density at radius 1 is 0.234 bits per heavy atom. The molecule has 220 valence electrons. The number of rotatable bonds is 5. The van der Waals surface area contributed by atoms with E-state index in [1.54, 1.807) is 0 Å². The highest BCUT2D eigenvalue weighted by Crippen LogP contribution is 2.40. The average molecular weight is 598 g/mol. The third-order valence-electron chi connectivity index (χ3n) is 9.42. The van der Waals surface area contributed by atoms with Gasteiger partial charge in [-0.2, -0.15) is 0 Å². The summed E-state index contributed by atoms with van der Waals surface area (Å²) in [6, 6.07) is 68.3. The van der Waals surface area contributed by atoms with Crippen LogP contribution in [-0.4, -0.2) is 0 Å². The van der Waals surface area contributed by atoms with Gasteiger partial charge in [-0.25, -0.2) is 0 Å². The summed E-state index contributed by atoms with van der Waals surface area (Å²) in [5.41, 5.74) is 8.22. The van der Waals surface area contributed by atoms with Crippen LogP contribution in [0.2, 0.25) is 0 Å². The molecular weight excluding hydrogens is 567 g/mol. The Hall–Kier alpha value is -6.18. The molecule has 47 heavy (non-hydrogen) atoms. The second-order valence-corrected chi connectivity index (χ2v) is 12.2. The van der Waals surface area contributed by atoms with E-state index in [1.165, 1.54) is 65.3 Å². The van der Waals surface area contributed by atoms with Gasteiger partial charge in [0.25, 0.3) is 0 Å². The van der Waals surface area contributed by atoms with Crippen molar-refractivity contribution < 1.29 is 0 Å². The molecule has 0 spiro atoms. The van der Waals surface area contributed by atoms with Crippen LogP contribution in [0.5, 0.6) is 0 Å². The molecule has 0 N–H and O–H groups in total. The van der Waals surface area contributed by atoms with Gasteiger partial charge in [-0.05, 0) is 108 Å². The summed E-state index contributed by atoms with van der Waals surface area (Å²) < 4.78 is 0. The lowest BCUT2D eigenvalue weighted by molar-refractivity contribution is 1.29. The molecule has 0 aromatic heterocycles. The van der Waals surface area contributed by atoms with Crippen LogP contribution in [0.25, 0.3) is 65.3 Å². The molecular formula is C46H31N. The van der Waals surface area contributed by atoms with Crippen LogP contribution in [0.1, 0.15) is 0 Å². The minimum atomic E-state index is 1.12. The highest BCUT2D eigenvalue weighted by molar-refractivity contribution is 6.17. The van der Waals surface area contributed by atoms with Crippen LogP contribution in [0, 0.1) is 0 Å². The van der Waals surface area contributed by atoms with E-state index in [0.717, 1.165) is 17.1 Å². The molecule has 9 aromatic rings. The van der Waals surface area contributed by atoms with Gasteiger partial charge in [0, 0.05) is 17.1 Å². The lowest BCUT2D eigenvalue weighted by Gasteiger charge is -2.26. The summed E-state index contributed by atoms with van der Waals surface area (Å²) in [6.07, 6.45) is 0. The highest BCUT2D eigenvalue weighted by atomic mass is 15.1. The summed E-state index contributed by atoms with van der Waals surface area (Å²) in [7, 11) is 0. The molecule has 0 atom stereocenters. The lowest BCUT2D eigenvalue weighted by Crippen LogP contribution is -2.09. The number of nitrogens with zero attached hydrogens (tertiary/aromatic N) is 1. The maximum atomic E-state index is 2.36. The van der Waals surface area contributed by atoms with Crippen LogP contribution in [0.4, 0.5) is 17.1 Å². The maximum absolute atomic E-state index is 2.36. The first-order valence-corrected chi connectivity index (χ1v) is 16.2. The van der Waals surface area contributed by atoms with Crippen LogP contribution < -0.4 is 4.90 Å². The lowest BCUT2D eigenvalue weighted by atomic mass is 9.96. The summed E-state index contributed by atoms with van der Waals surface area (Å²) >= 11 is 0. The van der Waals surface area contributed by atoms with E-state index < -0.39 is 0 Å². The second-order valence-electron chi connectivity index (χ2n) is 12.2. The van der Waals surface area contributed by atoms with E-state index in [-0.39, 0.29) is 0 Å². The van der Waals surface area contributed by atoms with E-state index in [0.29, 0.717) is 0 Å².